The zero-order valence-corrected chi connectivity index (χ0v) is 19.3. The zero-order valence-electron chi connectivity index (χ0n) is 18.5. The molecule has 0 unspecified atom stereocenters. The highest BCUT2D eigenvalue weighted by Crippen LogP contribution is 2.40. The first-order chi connectivity index (χ1) is 13.2. The van der Waals surface area contributed by atoms with Gasteiger partial charge in [0.1, 0.15) is 16.7 Å². The minimum atomic E-state index is -3.79. The molecule has 0 amide bonds. The summed E-state index contributed by atoms with van der Waals surface area (Å²) in [5.74, 6) is -0.0815. The molecule has 0 saturated carbocycles. The molecule has 0 fully saturated rings. The van der Waals surface area contributed by atoms with E-state index in [4.69, 9.17) is 9.47 Å². The lowest BCUT2D eigenvalue weighted by Gasteiger charge is -2.28. The number of rotatable bonds is 8. The van der Waals surface area contributed by atoms with Crippen LogP contribution in [0.4, 0.5) is 0 Å². The van der Waals surface area contributed by atoms with Crippen molar-refractivity contribution in [1.29, 1.82) is 5.26 Å². The van der Waals surface area contributed by atoms with Crippen molar-refractivity contribution < 1.29 is 23.0 Å². The van der Waals surface area contributed by atoms with Gasteiger partial charge in [0.05, 0.1) is 25.6 Å². The third-order valence-electron chi connectivity index (χ3n) is 4.42. The Kier molecular flexibility index (Phi) is 8.46. The van der Waals surface area contributed by atoms with Crippen LogP contribution in [0.3, 0.4) is 0 Å². The number of allylic oxidation sites excluding steroid dienone is 1. The molecule has 0 bridgehead atoms. The van der Waals surface area contributed by atoms with Gasteiger partial charge in [-0.05, 0) is 34.6 Å². The number of hydrogen-bond donors (Lipinski definition) is 1. The molecule has 1 aromatic rings. The van der Waals surface area contributed by atoms with Gasteiger partial charge in [0.25, 0.3) is 0 Å². The highest BCUT2D eigenvalue weighted by atomic mass is 32.2. The van der Waals surface area contributed by atoms with Crippen molar-refractivity contribution in [2.24, 2.45) is 0 Å². The van der Waals surface area contributed by atoms with Crippen LogP contribution < -0.4 is 0 Å². The van der Waals surface area contributed by atoms with E-state index >= 15 is 0 Å². The molecular formula is C22H33NO5S. The molecule has 0 aromatic heterocycles. The molecule has 7 heteroatoms. The summed E-state index contributed by atoms with van der Waals surface area (Å²) < 4.78 is 35.2. The van der Waals surface area contributed by atoms with Crippen molar-refractivity contribution in [3.05, 3.63) is 33.7 Å². The van der Waals surface area contributed by atoms with Gasteiger partial charge in [-0.2, -0.15) is 5.26 Å². The van der Waals surface area contributed by atoms with Crippen LogP contribution in [0.1, 0.15) is 58.2 Å². The molecule has 1 aromatic carbocycles. The van der Waals surface area contributed by atoms with Gasteiger partial charge in [0, 0.05) is 18.2 Å². The van der Waals surface area contributed by atoms with E-state index in [0.717, 1.165) is 0 Å². The number of phenols is 1. The summed E-state index contributed by atoms with van der Waals surface area (Å²) in [5, 5.41) is 20.3. The fourth-order valence-electron chi connectivity index (χ4n) is 2.75. The summed E-state index contributed by atoms with van der Waals surface area (Å²) in [5.41, 5.74) is 1.27. The summed E-state index contributed by atoms with van der Waals surface area (Å²) in [7, 11) is -2.26. The Morgan fingerprint density at radius 2 is 1.59 bits per heavy atom. The van der Waals surface area contributed by atoms with Crippen molar-refractivity contribution >= 4 is 15.9 Å². The van der Waals surface area contributed by atoms with E-state index in [0.29, 0.717) is 29.9 Å². The van der Waals surface area contributed by atoms with Gasteiger partial charge in [-0.3, -0.25) is 0 Å². The van der Waals surface area contributed by atoms with Crippen LogP contribution in [0.25, 0.3) is 6.08 Å². The van der Waals surface area contributed by atoms with Crippen LogP contribution in [0.5, 0.6) is 5.75 Å². The number of methoxy groups -OCH3 is 1. The number of nitriles is 1. The topological polar surface area (TPSA) is 96.6 Å². The molecule has 0 aliphatic carbocycles. The Bertz CT molecular complexity index is 846. The molecule has 0 aliphatic heterocycles. The minimum absolute atomic E-state index is 0.0131. The van der Waals surface area contributed by atoms with Crippen molar-refractivity contribution in [1.82, 2.24) is 0 Å². The molecule has 1 N–H and O–H groups in total. The number of sulfone groups is 1. The number of benzene rings is 1. The lowest BCUT2D eigenvalue weighted by atomic mass is 9.78. The van der Waals surface area contributed by atoms with Crippen LogP contribution in [0.2, 0.25) is 0 Å². The van der Waals surface area contributed by atoms with Crippen molar-refractivity contribution in [2.45, 2.75) is 52.4 Å². The van der Waals surface area contributed by atoms with E-state index in [2.05, 4.69) is 0 Å². The van der Waals surface area contributed by atoms with Gasteiger partial charge in [0.2, 0.25) is 0 Å². The normalized spacial score (nSPS) is 13.4. The molecule has 29 heavy (non-hydrogen) atoms. The van der Waals surface area contributed by atoms with E-state index in [1.54, 1.807) is 18.2 Å². The second-order valence-electron chi connectivity index (χ2n) is 9.01. The van der Waals surface area contributed by atoms with Crippen LogP contribution >= 0.6 is 0 Å². The molecule has 0 radical (unpaired) electrons. The lowest BCUT2D eigenvalue weighted by molar-refractivity contribution is 0.0785. The smallest absolute Gasteiger partial charge is 0.190 e. The van der Waals surface area contributed by atoms with Gasteiger partial charge >= 0.3 is 0 Å². The first kappa shape index (κ1) is 25.2. The van der Waals surface area contributed by atoms with Crippen LogP contribution in [-0.2, 0) is 30.1 Å². The molecule has 0 aliphatic rings. The molecule has 0 heterocycles. The predicted molar refractivity (Wildman–Crippen MR) is 116 cm³/mol. The Labute approximate surface area is 175 Å². The van der Waals surface area contributed by atoms with Crippen LogP contribution in [0.15, 0.2) is 17.0 Å². The van der Waals surface area contributed by atoms with E-state index < -0.39 is 9.84 Å². The SMILES string of the molecule is COCCOCCS(=O)(=O)/C(C#N)=C\c1cc(C(C)(C)C)c(O)c(C(C)(C)C)c1. The van der Waals surface area contributed by atoms with E-state index in [1.807, 2.05) is 41.5 Å². The summed E-state index contributed by atoms with van der Waals surface area (Å²) in [6.45, 7) is 12.5. The third kappa shape index (κ3) is 7.14. The number of hydrogen-bond acceptors (Lipinski definition) is 6. The Balaban J connectivity index is 3.37. The second-order valence-corrected chi connectivity index (χ2v) is 11.1. The van der Waals surface area contributed by atoms with Crippen molar-refractivity contribution in [2.75, 3.05) is 32.7 Å². The van der Waals surface area contributed by atoms with E-state index in [9.17, 15) is 18.8 Å². The van der Waals surface area contributed by atoms with Crippen molar-refractivity contribution in [3.8, 4) is 11.8 Å². The molecular weight excluding hydrogens is 390 g/mol. The Morgan fingerprint density at radius 3 is 2.00 bits per heavy atom. The zero-order chi connectivity index (χ0) is 22.5. The summed E-state index contributed by atoms with van der Waals surface area (Å²) >= 11 is 0. The number of nitrogens with zero attached hydrogens (tertiary/aromatic N) is 1. The summed E-state index contributed by atoms with van der Waals surface area (Å²) in [6, 6.07) is 5.29. The molecule has 0 saturated heterocycles. The maximum absolute atomic E-state index is 12.6. The van der Waals surface area contributed by atoms with Gasteiger partial charge in [-0.1, -0.05) is 41.5 Å². The highest BCUT2D eigenvalue weighted by molar-refractivity contribution is 7.95. The van der Waals surface area contributed by atoms with Gasteiger partial charge in [0.15, 0.2) is 9.84 Å². The van der Waals surface area contributed by atoms with E-state index in [1.165, 1.54) is 13.2 Å². The summed E-state index contributed by atoms with van der Waals surface area (Å²) in [4.78, 5) is -0.321. The monoisotopic (exact) mass is 423 g/mol. The van der Waals surface area contributed by atoms with Gasteiger partial charge < -0.3 is 14.6 Å². The first-order valence-corrected chi connectivity index (χ1v) is 11.2. The average Bonchev–Trinajstić information content (AvgIpc) is 2.58. The molecule has 1 rings (SSSR count). The number of phenolic OH excluding ortho intramolecular Hbond substituents is 1. The Hall–Kier alpha value is -1.88. The first-order valence-electron chi connectivity index (χ1n) is 9.53. The third-order valence-corrected chi connectivity index (χ3v) is 6.00. The van der Waals surface area contributed by atoms with Gasteiger partial charge in [-0.15, -0.1) is 0 Å². The van der Waals surface area contributed by atoms with Gasteiger partial charge in [-0.25, -0.2) is 8.42 Å². The second kappa shape index (κ2) is 9.75. The molecule has 162 valence electrons. The average molecular weight is 424 g/mol. The maximum Gasteiger partial charge on any atom is 0.190 e. The van der Waals surface area contributed by atoms with Crippen LogP contribution in [0, 0.1) is 11.3 Å². The fraction of sp³-hybridized carbons (Fsp3) is 0.591. The molecule has 0 spiro atoms. The summed E-state index contributed by atoms with van der Waals surface area (Å²) in [6.07, 6.45) is 1.37. The maximum atomic E-state index is 12.6. The van der Waals surface area contributed by atoms with E-state index in [-0.39, 0.29) is 33.8 Å². The predicted octanol–water partition coefficient (Wildman–Crippen LogP) is 3.93. The standard InChI is InChI=1S/C22H33NO5S/c1-21(2,3)18-13-16(14-19(20(18)24)22(4,5)6)12-17(15-23)29(25,26)11-10-28-9-8-27-7/h12-14,24H,8-11H2,1-7H3/b17-12-. The minimum Gasteiger partial charge on any atom is -0.507 e. The fourth-order valence-corrected chi connectivity index (χ4v) is 3.76. The number of aromatic hydroxyl groups is 1. The largest absolute Gasteiger partial charge is 0.507 e. The number of ether oxygens (including phenoxy) is 2. The highest BCUT2D eigenvalue weighted by Gasteiger charge is 2.27. The lowest BCUT2D eigenvalue weighted by Crippen LogP contribution is -2.18. The Morgan fingerprint density at radius 1 is 1.07 bits per heavy atom. The quantitative estimate of drug-likeness (QED) is 0.503. The molecule has 0 atom stereocenters. The molecule has 6 nitrogen and oxygen atoms in total. The van der Waals surface area contributed by atoms with Crippen molar-refractivity contribution in [3.63, 3.8) is 0 Å². The van der Waals surface area contributed by atoms with Crippen LogP contribution in [-0.4, -0.2) is 46.2 Å².